The number of nitrogens with zero attached hydrogens (tertiary/aromatic N) is 2. The van der Waals surface area contributed by atoms with Gasteiger partial charge in [0.15, 0.2) is 0 Å². The Morgan fingerprint density at radius 2 is 1.84 bits per heavy atom. The lowest BCUT2D eigenvalue weighted by molar-refractivity contribution is -0.131. The van der Waals surface area contributed by atoms with Gasteiger partial charge in [-0.25, -0.2) is 0 Å². The van der Waals surface area contributed by atoms with Crippen molar-refractivity contribution in [2.75, 3.05) is 39.3 Å². The molecule has 1 heterocycles. The van der Waals surface area contributed by atoms with Gasteiger partial charge in [0.2, 0.25) is 5.91 Å². The van der Waals surface area contributed by atoms with Crippen LogP contribution in [0.15, 0.2) is 0 Å². The zero-order valence-corrected chi connectivity index (χ0v) is 12.1. The number of carbonyl (C=O) groups is 1. The first kappa shape index (κ1) is 14.8. The van der Waals surface area contributed by atoms with Crippen molar-refractivity contribution >= 4 is 5.91 Å². The fourth-order valence-corrected chi connectivity index (χ4v) is 3.41. The van der Waals surface area contributed by atoms with Gasteiger partial charge in [0.1, 0.15) is 0 Å². The van der Waals surface area contributed by atoms with Crippen molar-refractivity contribution in [3.8, 4) is 0 Å². The summed E-state index contributed by atoms with van der Waals surface area (Å²) in [4.78, 5) is 16.7. The highest BCUT2D eigenvalue weighted by molar-refractivity contribution is 5.76. The fraction of sp³-hybridized carbons (Fsp3) is 0.933. The van der Waals surface area contributed by atoms with E-state index in [9.17, 15) is 4.79 Å². The lowest BCUT2D eigenvalue weighted by Crippen LogP contribution is -2.36. The summed E-state index contributed by atoms with van der Waals surface area (Å²) in [6.45, 7) is 5.59. The van der Waals surface area contributed by atoms with Crippen LogP contribution in [0.4, 0.5) is 0 Å². The maximum absolute atomic E-state index is 12.3. The van der Waals surface area contributed by atoms with Crippen LogP contribution in [0.25, 0.3) is 0 Å². The minimum absolute atomic E-state index is 0.376. The molecule has 2 rings (SSSR count). The van der Waals surface area contributed by atoms with Crippen LogP contribution in [0.2, 0.25) is 0 Å². The number of hydrogen-bond acceptors (Lipinski definition) is 3. The van der Waals surface area contributed by atoms with E-state index in [-0.39, 0.29) is 0 Å². The Bertz CT molecular complexity index is 277. The maximum Gasteiger partial charge on any atom is 0.222 e. The molecule has 0 bridgehead atoms. The van der Waals surface area contributed by atoms with Gasteiger partial charge in [0, 0.05) is 39.1 Å². The Hall–Kier alpha value is -0.610. The summed E-state index contributed by atoms with van der Waals surface area (Å²) in [6.07, 6.45) is 8.40. The molecule has 1 amide bonds. The van der Waals surface area contributed by atoms with Crippen LogP contribution < -0.4 is 5.73 Å². The molecule has 2 fully saturated rings. The third kappa shape index (κ3) is 4.77. The molecule has 1 saturated carbocycles. The van der Waals surface area contributed by atoms with Gasteiger partial charge < -0.3 is 15.5 Å². The van der Waals surface area contributed by atoms with Gasteiger partial charge in [0.05, 0.1) is 0 Å². The molecule has 0 radical (unpaired) electrons. The van der Waals surface area contributed by atoms with Gasteiger partial charge in [-0.15, -0.1) is 0 Å². The van der Waals surface area contributed by atoms with Crippen molar-refractivity contribution in [2.24, 2.45) is 11.7 Å². The van der Waals surface area contributed by atoms with E-state index < -0.39 is 0 Å². The number of amides is 1. The van der Waals surface area contributed by atoms with Crippen LogP contribution in [0.3, 0.4) is 0 Å². The van der Waals surface area contributed by atoms with E-state index in [4.69, 9.17) is 5.73 Å². The first-order valence-electron chi connectivity index (χ1n) is 8.00. The van der Waals surface area contributed by atoms with Crippen molar-refractivity contribution in [2.45, 2.75) is 44.9 Å². The van der Waals surface area contributed by atoms with Gasteiger partial charge in [-0.1, -0.05) is 25.7 Å². The van der Waals surface area contributed by atoms with Gasteiger partial charge in [-0.05, 0) is 25.3 Å². The smallest absolute Gasteiger partial charge is 0.222 e. The van der Waals surface area contributed by atoms with Crippen LogP contribution in [0.5, 0.6) is 0 Å². The van der Waals surface area contributed by atoms with Crippen molar-refractivity contribution in [1.82, 2.24) is 9.80 Å². The van der Waals surface area contributed by atoms with Crippen molar-refractivity contribution < 1.29 is 4.79 Å². The second-order valence-electron chi connectivity index (χ2n) is 6.05. The molecule has 19 heavy (non-hydrogen) atoms. The fourth-order valence-electron chi connectivity index (χ4n) is 3.41. The van der Waals surface area contributed by atoms with Crippen molar-refractivity contribution in [1.29, 1.82) is 0 Å². The first-order chi connectivity index (χ1) is 9.29. The first-order valence-corrected chi connectivity index (χ1v) is 8.00. The highest BCUT2D eigenvalue weighted by Gasteiger charge is 2.21. The van der Waals surface area contributed by atoms with E-state index in [1.54, 1.807) is 0 Å². The van der Waals surface area contributed by atoms with Crippen LogP contribution in [-0.2, 0) is 4.79 Å². The molecule has 0 aromatic rings. The highest BCUT2D eigenvalue weighted by Crippen LogP contribution is 2.28. The SMILES string of the molecule is NCCN1CCCN(C(=O)CCC2CCCC2)CC1. The minimum atomic E-state index is 0.376. The van der Waals surface area contributed by atoms with E-state index >= 15 is 0 Å². The molecule has 4 nitrogen and oxygen atoms in total. The van der Waals surface area contributed by atoms with E-state index in [0.717, 1.165) is 64.4 Å². The van der Waals surface area contributed by atoms with Crippen molar-refractivity contribution in [3.63, 3.8) is 0 Å². The standard InChI is InChI=1S/C15H29N3O/c16-8-11-17-9-3-10-18(13-12-17)15(19)7-6-14-4-1-2-5-14/h14H,1-13,16H2. The lowest BCUT2D eigenvalue weighted by Gasteiger charge is -2.22. The Morgan fingerprint density at radius 3 is 2.58 bits per heavy atom. The molecule has 0 atom stereocenters. The molecule has 2 N–H and O–H groups in total. The quantitative estimate of drug-likeness (QED) is 0.820. The zero-order chi connectivity index (χ0) is 13.5. The minimum Gasteiger partial charge on any atom is -0.341 e. The number of nitrogens with two attached hydrogens (primary N) is 1. The summed E-state index contributed by atoms with van der Waals surface area (Å²) < 4.78 is 0. The molecule has 0 aromatic carbocycles. The van der Waals surface area contributed by atoms with Crippen LogP contribution in [-0.4, -0.2) is 55.0 Å². The van der Waals surface area contributed by atoms with Gasteiger partial charge in [-0.2, -0.15) is 0 Å². The molecule has 4 heteroatoms. The Labute approximate surface area is 117 Å². The van der Waals surface area contributed by atoms with Gasteiger partial charge in [-0.3, -0.25) is 4.79 Å². The van der Waals surface area contributed by atoms with E-state index in [1.165, 1.54) is 25.7 Å². The predicted octanol–water partition coefficient (Wildman–Crippen LogP) is 1.45. The molecule has 1 saturated heterocycles. The number of hydrogen-bond donors (Lipinski definition) is 1. The third-order valence-corrected chi connectivity index (χ3v) is 4.63. The highest BCUT2D eigenvalue weighted by atomic mass is 16.2. The number of carbonyl (C=O) groups excluding carboxylic acids is 1. The second-order valence-corrected chi connectivity index (χ2v) is 6.05. The van der Waals surface area contributed by atoms with Crippen LogP contribution in [0, 0.1) is 5.92 Å². The predicted molar refractivity (Wildman–Crippen MR) is 77.9 cm³/mol. The summed E-state index contributed by atoms with van der Waals surface area (Å²) in [5.74, 6) is 1.20. The van der Waals surface area contributed by atoms with E-state index in [1.807, 2.05) is 0 Å². The van der Waals surface area contributed by atoms with Crippen LogP contribution >= 0.6 is 0 Å². The Balaban J connectivity index is 1.69. The summed E-state index contributed by atoms with van der Waals surface area (Å²) in [7, 11) is 0. The maximum atomic E-state index is 12.3. The summed E-state index contributed by atoms with van der Waals surface area (Å²) in [6, 6.07) is 0. The van der Waals surface area contributed by atoms with Gasteiger partial charge in [0.25, 0.3) is 0 Å². The second kappa shape index (κ2) is 7.85. The van der Waals surface area contributed by atoms with E-state index in [2.05, 4.69) is 9.80 Å². The average molecular weight is 267 g/mol. The molecule has 0 unspecified atom stereocenters. The third-order valence-electron chi connectivity index (χ3n) is 4.63. The monoisotopic (exact) mass is 267 g/mol. The van der Waals surface area contributed by atoms with Gasteiger partial charge >= 0.3 is 0 Å². The largest absolute Gasteiger partial charge is 0.341 e. The van der Waals surface area contributed by atoms with Crippen LogP contribution in [0.1, 0.15) is 44.9 Å². The van der Waals surface area contributed by atoms with E-state index in [0.29, 0.717) is 5.91 Å². The zero-order valence-electron chi connectivity index (χ0n) is 12.1. The molecule has 110 valence electrons. The lowest BCUT2D eigenvalue weighted by atomic mass is 10.0. The average Bonchev–Trinajstić information content (AvgIpc) is 2.82. The molecule has 1 aliphatic carbocycles. The summed E-state index contributed by atoms with van der Waals surface area (Å²) in [5.41, 5.74) is 5.60. The topological polar surface area (TPSA) is 49.6 Å². The molecule has 0 spiro atoms. The normalized spacial score (nSPS) is 22.7. The summed E-state index contributed by atoms with van der Waals surface area (Å²) >= 11 is 0. The molecular weight excluding hydrogens is 238 g/mol. The summed E-state index contributed by atoms with van der Waals surface area (Å²) in [5, 5.41) is 0. The Kier molecular flexibility index (Phi) is 6.11. The molecule has 1 aliphatic heterocycles. The number of rotatable bonds is 5. The molecule has 2 aliphatic rings. The molecule has 0 aromatic heterocycles. The molecular formula is C15H29N3O. The Morgan fingerprint density at radius 1 is 1.05 bits per heavy atom. The van der Waals surface area contributed by atoms with Crippen molar-refractivity contribution in [3.05, 3.63) is 0 Å².